The number of alkyl carbamates (subject to hydrolysis) is 1. The molecular weight excluding hydrogens is 506 g/mol. The van der Waals surface area contributed by atoms with Gasteiger partial charge in [-0.25, -0.2) is 4.79 Å². The molecule has 0 spiro atoms. The van der Waals surface area contributed by atoms with Gasteiger partial charge in [0.1, 0.15) is 23.4 Å². The van der Waals surface area contributed by atoms with Crippen LogP contribution in [0.4, 0.5) is 4.79 Å². The molecule has 0 radical (unpaired) electrons. The molecule has 2 aromatic carbocycles. The second kappa shape index (κ2) is 13.7. The Kier molecular flexibility index (Phi) is 11.2. The topological polar surface area (TPSA) is 108 Å². The van der Waals surface area contributed by atoms with E-state index >= 15 is 0 Å². The Balaban J connectivity index is 2.60. The molecule has 0 aromatic heterocycles. The minimum atomic E-state index is -1.03. The highest BCUT2D eigenvalue weighted by atomic mass is 16.6. The smallest absolute Gasteiger partial charge is 0.408 e. The van der Waals surface area contributed by atoms with Crippen molar-refractivity contribution in [3.05, 3.63) is 65.2 Å². The Morgan fingerprint density at radius 1 is 0.925 bits per heavy atom. The number of carbonyl (C=O) groups excluding carboxylic acids is 3. The van der Waals surface area contributed by atoms with Crippen molar-refractivity contribution in [2.24, 2.45) is 0 Å². The number of hydrogen-bond acceptors (Lipinski definition) is 5. The van der Waals surface area contributed by atoms with Crippen molar-refractivity contribution < 1.29 is 24.2 Å². The van der Waals surface area contributed by atoms with Gasteiger partial charge in [0, 0.05) is 18.0 Å². The van der Waals surface area contributed by atoms with E-state index in [9.17, 15) is 19.5 Å². The van der Waals surface area contributed by atoms with Crippen molar-refractivity contribution in [3.63, 3.8) is 0 Å². The highest BCUT2D eigenvalue weighted by molar-refractivity contribution is 5.93. The lowest BCUT2D eigenvalue weighted by Gasteiger charge is -2.43. The Hall–Kier alpha value is -3.55. The Bertz CT molecular complexity index is 1130. The highest BCUT2D eigenvalue weighted by Crippen LogP contribution is 2.31. The second-order valence-corrected chi connectivity index (χ2v) is 12.5. The van der Waals surface area contributed by atoms with E-state index in [2.05, 4.69) is 17.6 Å². The molecule has 0 aliphatic heterocycles. The summed E-state index contributed by atoms with van der Waals surface area (Å²) in [6.45, 7) is 16.9. The van der Waals surface area contributed by atoms with Crippen molar-refractivity contribution in [1.29, 1.82) is 0 Å². The molecule has 0 aliphatic rings. The first-order valence-electron chi connectivity index (χ1n) is 14.0. The lowest BCUT2D eigenvalue weighted by atomic mass is 9.93. The summed E-state index contributed by atoms with van der Waals surface area (Å²) in [6, 6.07) is 12.0. The SMILES string of the molecule is CCCC(C)NC(=O)C(c1ccc(C)cc1)N(C(=O)C(Cc1ccc(O)cc1)NC(=O)OC(C)(C)C)C(C)(C)C. The molecule has 3 N–H and O–H groups in total. The third-order valence-electron chi connectivity index (χ3n) is 6.34. The minimum absolute atomic E-state index is 0.0740. The van der Waals surface area contributed by atoms with E-state index in [0.717, 1.165) is 24.0 Å². The molecule has 8 nitrogen and oxygen atoms in total. The quantitative estimate of drug-likeness (QED) is 0.344. The summed E-state index contributed by atoms with van der Waals surface area (Å²) in [5.41, 5.74) is 0.887. The number of phenols is 1. The number of nitrogens with zero attached hydrogens (tertiary/aromatic N) is 1. The number of aromatic hydroxyl groups is 1. The highest BCUT2D eigenvalue weighted by Gasteiger charge is 2.42. The molecule has 0 heterocycles. The summed E-state index contributed by atoms with van der Waals surface area (Å²) in [5, 5.41) is 15.6. The summed E-state index contributed by atoms with van der Waals surface area (Å²) >= 11 is 0. The second-order valence-electron chi connectivity index (χ2n) is 12.5. The van der Waals surface area contributed by atoms with E-state index in [1.165, 1.54) is 12.1 Å². The monoisotopic (exact) mass is 553 g/mol. The van der Waals surface area contributed by atoms with Gasteiger partial charge in [0.15, 0.2) is 0 Å². The van der Waals surface area contributed by atoms with Crippen molar-refractivity contribution in [3.8, 4) is 5.75 Å². The number of aryl methyl sites for hydroxylation is 1. The van der Waals surface area contributed by atoms with E-state index in [0.29, 0.717) is 5.56 Å². The van der Waals surface area contributed by atoms with Crippen LogP contribution in [0.25, 0.3) is 0 Å². The Labute approximate surface area is 239 Å². The van der Waals surface area contributed by atoms with Crippen LogP contribution in [0.5, 0.6) is 5.75 Å². The summed E-state index contributed by atoms with van der Waals surface area (Å²) in [6.07, 6.45) is 1.12. The van der Waals surface area contributed by atoms with Crippen LogP contribution in [0.15, 0.2) is 48.5 Å². The van der Waals surface area contributed by atoms with Crippen LogP contribution in [-0.4, -0.2) is 51.1 Å². The molecule has 2 rings (SSSR count). The summed E-state index contributed by atoms with van der Waals surface area (Å²) in [7, 11) is 0. The zero-order valence-corrected chi connectivity index (χ0v) is 25.5. The molecule has 0 aliphatic carbocycles. The first-order valence-corrected chi connectivity index (χ1v) is 14.0. The van der Waals surface area contributed by atoms with Crippen LogP contribution in [0, 0.1) is 6.92 Å². The van der Waals surface area contributed by atoms with Gasteiger partial charge in [-0.05, 0) is 85.1 Å². The zero-order valence-electron chi connectivity index (χ0n) is 25.5. The normalized spacial score (nSPS) is 14.0. The third kappa shape index (κ3) is 9.88. The van der Waals surface area contributed by atoms with Crippen LogP contribution in [0.2, 0.25) is 0 Å². The van der Waals surface area contributed by atoms with Crippen LogP contribution >= 0.6 is 0 Å². The third-order valence-corrected chi connectivity index (χ3v) is 6.34. The van der Waals surface area contributed by atoms with Gasteiger partial charge in [-0.15, -0.1) is 0 Å². The van der Waals surface area contributed by atoms with Crippen LogP contribution < -0.4 is 10.6 Å². The fourth-order valence-corrected chi connectivity index (χ4v) is 4.52. The van der Waals surface area contributed by atoms with Gasteiger partial charge in [0.25, 0.3) is 0 Å². The Morgan fingerprint density at radius 3 is 2.00 bits per heavy atom. The molecule has 0 saturated heterocycles. The van der Waals surface area contributed by atoms with Gasteiger partial charge in [-0.2, -0.15) is 0 Å². The maximum absolute atomic E-state index is 14.5. The minimum Gasteiger partial charge on any atom is -0.508 e. The molecule has 2 aromatic rings. The molecule has 3 atom stereocenters. The fourth-order valence-electron chi connectivity index (χ4n) is 4.52. The lowest BCUT2D eigenvalue weighted by molar-refractivity contribution is -0.148. The molecule has 40 heavy (non-hydrogen) atoms. The van der Waals surface area contributed by atoms with E-state index in [-0.39, 0.29) is 24.1 Å². The number of nitrogens with one attached hydrogen (secondary N) is 2. The summed E-state index contributed by atoms with van der Waals surface area (Å²) < 4.78 is 5.49. The van der Waals surface area contributed by atoms with E-state index in [1.54, 1.807) is 37.8 Å². The van der Waals surface area contributed by atoms with Gasteiger partial charge in [-0.3, -0.25) is 9.59 Å². The average Bonchev–Trinajstić information content (AvgIpc) is 2.82. The number of hydrogen-bond donors (Lipinski definition) is 3. The predicted molar refractivity (Wildman–Crippen MR) is 158 cm³/mol. The van der Waals surface area contributed by atoms with Gasteiger partial charge in [0.05, 0.1) is 0 Å². The molecule has 220 valence electrons. The first kappa shape index (κ1) is 32.7. The van der Waals surface area contributed by atoms with Gasteiger partial charge in [-0.1, -0.05) is 55.3 Å². The lowest BCUT2D eigenvalue weighted by Crippen LogP contribution is -2.59. The van der Waals surface area contributed by atoms with E-state index in [4.69, 9.17) is 4.74 Å². The number of benzene rings is 2. The van der Waals surface area contributed by atoms with Crippen molar-refractivity contribution >= 4 is 17.9 Å². The molecule has 0 bridgehead atoms. The average molecular weight is 554 g/mol. The molecule has 8 heteroatoms. The van der Waals surface area contributed by atoms with Crippen molar-refractivity contribution in [1.82, 2.24) is 15.5 Å². The van der Waals surface area contributed by atoms with Gasteiger partial charge in [0.2, 0.25) is 11.8 Å². The van der Waals surface area contributed by atoms with Gasteiger partial charge < -0.3 is 25.4 Å². The van der Waals surface area contributed by atoms with Gasteiger partial charge >= 0.3 is 6.09 Å². The largest absolute Gasteiger partial charge is 0.508 e. The predicted octanol–water partition coefficient (Wildman–Crippen LogP) is 5.81. The zero-order chi connectivity index (χ0) is 30.3. The van der Waals surface area contributed by atoms with Crippen LogP contribution in [0.3, 0.4) is 0 Å². The number of phenolic OH excluding ortho intramolecular Hbond substituents is 1. The standard InChI is InChI=1S/C32H47N3O5/c1-10-11-22(3)33-28(37)27(24-16-12-21(2)13-17-24)35(31(4,5)6)29(38)26(34-30(39)40-32(7,8)9)20-23-14-18-25(36)19-15-23/h12-19,22,26-27,36H,10-11,20H2,1-9H3,(H,33,37)(H,34,39). The maximum atomic E-state index is 14.5. The van der Waals surface area contributed by atoms with E-state index < -0.39 is 35.2 Å². The first-order chi connectivity index (χ1) is 18.5. The van der Waals surface area contributed by atoms with Crippen LogP contribution in [-0.2, 0) is 20.7 Å². The number of rotatable bonds is 10. The molecule has 3 unspecified atom stereocenters. The molecule has 0 fully saturated rings. The number of amides is 3. The summed E-state index contributed by atoms with van der Waals surface area (Å²) in [4.78, 5) is 42.8. The number of ether oxygens (including phenoxy) is 1. The Morgan fingerprint density at radius 2 is 1.50 bits per heavy atom. The summed E-state index contributed by atoms with van der Waals surface area (Å²) in [5.74, 6) is -0.607. The maximum Gasteiger partial charge on any atom is 0.408 e. The molecule has 3 amide bonds. The van der Waals surface area contributed by atoms with Crippen molar-refractivity contribution in [2.75, 3.05) is 0 Å². The fraction of sp³-hybridized carbons (Fsp3) is 0.531. The molecular formula is C32H47N3O5. The van der Waals surface area contributed by atoms with Crippen LogP contribution in [0.1, 0.15) is 91.0 Å². The van der Waals surface area contributed by atoms with E-state index in [1.807, 2.05) is 58.9 Å². The van der Waals surface area contributed by atoms with Crippen molar-refractivity contribution in [2.45, 2.75) is 111 Å². The number of carbonyl (C=O) groups is 3. The molecule has 0 saturated carbocycles.